The van der Waals surface area contributed by atoms with Crippen molar-refractivity contribution in [2.24, 2.45) is 0 Å². The number of aromatic nitrogens is 2. The topological polar surface area (TPSA) is 58.1 Å². The second kappa shape index (κ2) is 8.82. The number of rotatable bonds is 6. The number of anilines is 2. The molecule has 0 spiro atoms. The molecule has 3 heterocycles. The summed E-state index contributed by atoms with van der Waals surface area (Å²) in [5, 5.41) is 15.0. The molecule has 1 aliphatic heterocycles. The molecule has 1 fully saturated rings. The van der Waals surface area contributed by atoms with Gasteiger partial charge in [-0.25, -0.2) is 0 Å². The third-order valence-corrected chi connectivity index (χ3v) is 7.93. The van der Waals surface area contributed by atoms with Crippen molar-refractivity contribution < 1.29 is 4.79 Å². The van der Waals surface area contributed by atoms with Gasteiger partial charge in [0.25, 0.3) is 0 Å². The average molecular weight is 451 g/mol. The Morgan fingerprint density at radius 2 is 2.29 bits per heavy atom. The number of thiophene rings is 1. The Morgan fingerprint density at radius 3 is 3.07 bits per heavy atom. The van der Waals surface area contributed by atoms with Gasteiger partial charge < -0.3 is 10.2 Å². The summed E-state index contributed by atoms with van der Waals surface area (Å²) in [5.41, 5.74) is 1.90. The Bertz CT molecular complexity index is 960. The number of thioether (sulfide) groups is 1. The van der Waals surface area contributed by atoms with Crippen molar-refractivity contribution in [3.63, 3.8) is 0 Å². The Labute approximate surface area is 181 Å². The predicted octanol–water partition coefficient (Wildman–Crippen LogP) is 5.76. The molecule has 1 aromatic carbocycles. The second-order valence-electron chi connectivity index (χ2n) is 6.51. The molecule has 0 radical (unpaired) electrons. The minimum atomic E-state index is 0.163. The lowest BCUT2D eigenvalue weighted by Crippen LogP contribution is -2.31. The SMILES string of the molecule is Cc1ccc(Nc2nnc(SCC(=O)N3CCC[C@@H]3c3cccs3)s2)cc1Cl. The highest BCUT2D eigenvalue weighted by Gasteiger charge is 2.30. The highest BCUT2D eigenvalue weighted by Crippen LogP contribution is 2.36. The largest absolute Gasteiger partial charge is 0.334 e. The summed E-state index contributed by atoms with van der Waals surface area (Å²) in [4.78, 5) is 16.0. The van der Waals surface area contributed by atoms with Gasteiger partial charge in [0.05, 0.1) is 11.8 Å². The van der Waals surface area contributed by atoms with Gasteiger partial charge in [0.15, 0.2) is 4.34 Å². The maximum absolute atomic E-state index is 12.7. The van der Waals surface area contributed by atoms with Crippen LogP contribution in [0.5, 0.6) is 0 Å². The second-order valence-corrected chi connectivity index (χ2v) is 10.1. The molecule has 3 aromatic rings. The van der Waals surface area contributed by atoms with E-state index in [9.17, 15) is 4.79 Å². The first-order chi connectivity index (χ1) is 13.6. The number of carbonyl (C=O) groups excluding carboxylic acids is 1. The van der Waals surface area contributed by atoms with Crippen LogP contribution >= 0.6 is 46.0 Å². The normalized spacial score (nSPS) is 16.5. The molecule has 5 nitrogen and oxygen atoms in total. The lowest BCUT2D eigenvalue weighted by Gasteiger charge is -2.23. The van der Waals surface area contributed by atoms with E-state index in [-0.39, 0.29) is 11.9 Å². The Balaban J connectivity index is 1.34. The maximum Gasteiger partial charge on any atom is 0.233 e. The first-order valence-corrected chi connectivity index (χ1v) is 12.0. The first kappa shape index (κ1) is 19.7. The number of aryl methyl sites for hydroxylation is 1. The van der Waals surface area contributed by atoms with Crippen LogP contribution < -0.4 is 5.32 Å². The maximum atomic E-state index is 12.7. The number of nitrogens with zero attached hydrogens (tertiary/aromatic N) is 3. The van der Waals surface area contributed by atoms with Crippen LogP contribution in [0.3, 0.4) is 0 Å². The van der Waals surface area contributed by atoms with Crippen molar-refractivity contribution in [2.75, 3.05) is 17.6 Å². The van der Waals surface area contributed by atoms with Gasteiger partial charge in [-0.2, -0.15) is 0 Å². The number of halogens is 1. The summed E-state index contributed by atoms with van der Waals surface area (Å²) in [6.07, 6.45) is 2.11. The molecule has 1 atom stereocenters. The van der Waals surface area contributed by atoms with Gasteiger partial charge in [-0.05, 0) is 48.9 Å². The molecule has 1 saturated heterocycles. The summed E-state index contributed by atoms with van der Waals surface area (Å²) in [7, 11) is 0. The minimum absolute atomic E-state index is 0.163. The summed E-state index contributed by atoms with van der Waals surface area (Å²) in [6, 6.07) is 10.2. The monoisotopic (exact) mass is 450 g/mol. The molecule has 1 N–H and O–H groups in total. The average Bonchev–Trinajstić information content (AvgIpc) is 3.44. The molecule has 4 rings (SSSR count). The number of carbonyl (C=O) groups is 1. The van der Waals surface area contributed by atoms with Crippen LogP contribution in [-0.4, -0.2) is 33.3 Å². The molecule has 0 saturated carbocycles. The van der Waals surface area contributed by atoms with Crippen LogP contribution in [0.4, 0.5) is 10.8 Å². The van der Waals surface area contributed by atoms with E-state index in [1.807, 2.05) is 36.1 Å². The summed E-state index contributed by atoms with van der Waals surface area (Å²) in [6.45, 7) is 2.80. The minimum Gasteiger partial charge on any atom is -0.334 e. The molecular weight excluding hydrogens is 432 g/mol. The number of likely N-dealkylation sites (tertiary alicyclic amines) is 1. The fourth-order valence-electron chi connectivity index (χ4n) is 3.16. The van der Waals surface area contributed by atoms with Gasteiger partial charge in [0.1, 0.15) is 0 Å². The van der Waals surface area contributed by atoms with E-state index >= 15 is 0 Å². The van der Waals surface area contributed by atoms with Gasteiger partial charge in [-0.3, -0.25) is 4.79 Å². The van der Waals surface area contributed by atoms with E-state index < -0.39 is 0 Å². The zero-order valence-corrected chi connectivity index (χ0v) is 18.4. The van der Waals surface area contributed by atoms with Crippen LogP contribution in [-0.2, 0) is 4.79 Å². The van der Waals surface area contributed by atoms with Gasteiger partial charge in [0.2, 0.25) is 11.0 Å². The van der Waals surface area contributed by atoms with Crippen molar-refractivity contribution in [1.82, 2.24) is 15.1 Å². The van der Waals surface area contributed by atoms with E-state index in [0.717, 1.165) is 35.0 Å². The van der Waals surface area contributed by atoms with E-state index in [0.29, 0.717) is 15.9 Å². The van der Waals surface area contributed by atoms with Gasteiger partial charge in [0, 0.05) is 22.1 Å². The molecule has 28 heavy (non-hydrogen) atoms. The van der Waals surface area contributed by atoms with Gasteiger partial charge >= 0.3 is 0 Å². The molecule has 0 unspecified atom stereocenters. The van der Waals surface area contributed by atoms with Crippen molar-refractivity contribution in [1.29, 1.82) is 0 Å². The highest BCUT2D eigenvalue weighted by molar-refractivity contribution is 8.01. The number of amides is 1. The number of nitrogens with one attached hydrogen (secondary N) is 1. The standard InChI is InChI=1S/C19H19ClN4OS3/c1-12-6-7-13(10-14(12)20)21-18-22-23-19(28-18)27-11-17(25)24-8-2-4-15(24)16-5-3-9-26-16/h3,5-7,9-10,15H,2,4,8,11H2,1H3,(H,21,22)/t15-/m1/s1. The predicted molar refractivity (Wildman–Crippen MR) is 118 cm³/mol. The fraction of sp³-hybridized carbons (Fsp3) is 0.316. The van der Waals surface area contributed by atoms with Crippen LogP contribution in [0.15, 0.2) is 40.1 Å². The first-order valence-electron chi connectivity index (χ1n) is 8.92. The van der Waals surface area contributed by atoms with Gasteiger partial charge in [-0.1, -0.05) is 46.8 Å². The van der Waals surface area contributed by atoms with Crippen LogP contribution in [0.25, 0.3) is 0 Å². The lowest BCUT2D eigenvalue weighted by molar-refractivity contribution is -0.129. The zero-order valence-electron chi connectivity index (χ0n) is 15.2. The Hall–Kier alpha value is -1.61. The lowest BCUT2D eigenvalue weighted by atomic mass is 10.2. The fourth-order valence-corrected chi connectivity index (χ4v) is 5.87. The van der Waals surface area contributed by atoms with E-state index in [1.54, 1.807) is 11.3 Å². The summed E-state index contributed by atoms with van der Waals surface area (Å²) in [5.74, 6) is 0.545. The van der Waals surface area contributed by atoms with E-state index in [4.69, 9.17) is 11.6 Å². The van der Waals surface area contributed by atoms with Crippen molar-refractivity contribution in [2.45, 2.75) is 30.1 Å². The quantitative estimate of drug-likeness (QED) is 0.483. The van der Waals surface area contributed by atoms with E-state index in [1.165, 1.54) is 28.0 Å². The third kappa shape index (κ3) is 4.51. The molecule has 1 amide bonds. The van der Waals surface area contributed by atoms with Crippen LogP contribution in [0.1, 0.15) is 29.3 Å². The smallest absolute Gasteiger partial charge is 0.233 e. The summed E-state index contributed by atoms with van der Waals surface area (Å²) >= 11 is 10.8. The molecular formula is C19H19ClN4OS3. The molecule has 146 valence electrons. The zero-order chi connectivity index (χ0) is 19.5. The molecule has 9 heteroatoms. The van der Waals surface area contributed by atoms with Crippen LogP contribution in [0.2, 0.25) is 5.02 Å². The summed E-state index contributed by atoms with van der Waals surface area (Å²) < 4.78 is 0.779. The molecule has 1 aliphatic rings. The molecule has 2 aromatic heterocycles. The van der Waals surface area contributed by atoms with Gasteiger partial charge in [-0.15, -0.1) is 21.5 Å². The Morgan fingerprint density at radius 1 is 1.39 bits per heavy atom. The molecule has 0 bridgehead atoms. The highest BCUT2D eigenvalue weighted by atomic mass is 35.5. The number of hydrogen-bond acceptors (Lipinski definition) is 7. The van der Waals surface area contributed by atoms with E-state index in [2.05, 4.69) is 27.0 Å². The molecule has 0 aliphatic carbocycles. The van der Waals surface area contributed by atoms with Crippen molar-refractivity contribution in [3.05, 3.63) is 51.2 Å². The third-order valence-electron chi connectivity index (χ3n) is 4.59. The Kier molecular flexibility index (Phi) is 6.20. The number of hydrogen-bond donors (Lipinski definition) is 1. The van der Waals surface area contributed by atoms with Crippen LogP contribution in [0, 0.1) is 6.92 Å². The van der Waals surface area contributed by atoms with Crippen molar-refractivity contribution in [3.8, 4) is 0 Å². The van der Waals surface area contributed by atoms with Crippen molar-refractivity contribution >= 4 is 62.8 Å². The number of benzene rings is 1.